The molecule has 0 radical (unpaired) electrons. The Labute approximate surface area is 260 Å². The minimum absolute atomic E-state index is 0.0173. The van der Waals surface area contributed by atoms with Gasteiger partial charge in [0.2, 0.25) is 11.6 Å². The quantitative estimate of drug-likeness (QED) is 0.0984. The summed E-state index contributed by atoms with van der Waals surface area (Å²) in [6, 6.07) is 2.57. The molecule has 0 unspecified atom stereocenters. The van der Waals surface area contributed by atoms with Gasteiger partial charge in [0.25, 0.3) is 29.3 Å². The number of carbonyl (C=O) groups excluding carboxylic acids is 5. The number of carbonyl (C=O) groups is 5. The number of nitrogens with one attached hydrogen (secondary N) is 4. The van der Waals surface area contributed by atoms with Crippen LogP contribution in [0.2, 0.25) is 0 Å². The van der Waals surface area contributed by atoms with Crippen molar-refractivity contribution in [3.8, 4) is 0 Å². The lowest BCUT2D eigenvalue weighted by molar-refractivity contribution is -0.384. The summed E-state index contributed by atoms with van der Waals surface area (Å²) in [4.78, 5) is 81.3. The van der Waals surface area contributed by atoms with Gasteiger partial charge in [-0.25, -0.2) is 9.97 Å². The van der Waals surface area contributed by atoms with E-state index in [2.05, 4.69) is 31.2 Å². The highest BCUT2D eigenvalue weighted by atomic mass is 16.6. The Kier molecular flexibility index (Phi) is 9.63. The fourth-order valence-electron chi connectivity index (χ4n) is 4.35. The number of hydrogen-bond donors (Lipinski definition) is 4. The third-order valence-electron chi connectivity index (χ3n) is 6.49. The second-order valence-corrected chi connectivity index (χ2v) is 9.97. The maximum atomic E-state index is 13.0. The first-order valence-corrected chi connectivity index (χ1v) is 13.7. The van der Waals surface area contributed by atoms with Crippen LogP contribution in [-0.4, -0.2) is 75.9 Å². The Balaban J connectivity index is 1.37. The second kappa shape index (κ2) is 13.6. The number of aromatic nitrogens is 6. The van der Waals surface area contributed by atoms with Crippen LogP contribution in [0.3, 0.4) is 0 Å². The van der Waals surface area contributed by atoms with Crippen LogP contribution in [0, 0.1) is 10.1 Å². The van der Waals surface area contributed by atoms with Crippen molar-refractivity contribution in [2.75, 3.05) is 29.1 Å². The summed E-state index contributed by atoms with van der Waals surface area (Å²) in [6.45, 7) is 2.02. The average molecular weight is 638 g/mol. The molecule has 242 valence electrons. The van der Waals surface area contributed by atoms with Gasteiger partial charge in [0, 0.05) is 59.4 Å². The van der Waals surface area contributed by atoms with E-state index in [1.165, 1.54) is 63.2 Å². The minimum Gasteiger partial charge on any atom is -0.466 e. The molecule has 4 aromatic heterocycles. The van der Waals surface area contributed by atoms with Crippen LogP contribution in [-0.2, 0) is 37.7 Å². The number of nitro groups is 1. The Bertz CT molecular complexity index is 1840. The topological polar surface area (TPSA) is 231 Å². The van der Waals surface area contributed by atoms with Crippen molar-refractivity contribution < 1.29 is 33.6 Å². The molecule has 19 nitrogen and oxygen atoms in total. The predicted molar refractivity (Wildman–Crippen MR) is 161 cm³/mol. The van der Waals surface area contributed by atoms with E-state index < -0.39 is 34.5 Å². The Morgan fingerprint density at radius 1 is 0.761 bits per heavy atom. The van der Waals surface area contributed by atoms with Crippen LogP contribution in [0.15, 0.2) is 36.9 Å². The molecule has 0 saturated carbocycles. The number of nitrogens with zero attached hydrogens (tertiary/aromatic N) is 7. The second-order valence-electron chi connectivity index (χ2n) is 9.97. The summed E-state index contributed by atoms with van der Waals surface area (Å²) in [5, 5.41) is 21.3. The third kappa shape index (κ3) is 7.44. The molecule has 4 rings (SSSR count). The van der Waals surface area contributed by atoms with Crippen molar-refractivity contribution in [2.24, 2.45) is 28.2 Å². The van der Waals surface area contributed by atoms with Gasteiger partial charge in [-0.15, -0.1) is 0 Å². The van der Waals surface area contributed by atoms with Gasteiger partial charge in [0.15, 0.2) is 11.6 Å². The highest BCUT2D eigenvalue weighted by Crippen LogP contribution is 2.18. The molecule has 0 bridgehead atoms. The van der Waals surface area contributed by atoms with Gasteiger partial charge >= 0.3 is 5.97 Å². The van der Waals surface area contributed by atoms with Crippen molar-refractivity contribution in [1.82, 2.24) is 33.6 Å². The molecule has 4 aromatic rings. The fourth-order valence-corrected chi connectivity index (χ4v) is 4.35. The Morgan fingerprint density at radius 2 is 1.30 bits per heavy atom. The molecule has 0 aliphatic rings. The van der Waals surface area contributed by atoms with E-state index in [1.54, 1.807) is 21.0 Å². The van der Waals surface area contributed by atoms with Gasteiger partial charge < -0.3 is 44.3 Å². The lowest BCUT2D eigenvalue weighted by Crippen LogP contribution is -2.28. The van der Waals surface area contributed by atoms with E-state index in [1.807, 2.05) is 0 Å². The number of amides is 4. The van der Waals surface area contributed by atoms with Crippen LogP contribution in [0.25, 0.3) is 0 Å². The summed E-state index contributed by atoms with van der Waals surface area (Å²) in [5.41, 5.74) is 0.313. The van der Waals surface area contributed by atoms with E-state index in [0.29, 0.717) is 5.69 Å². The molecule has 0 aromatic carbocycles. The maximum absolute atomic E-state index is 13.0. The van der Waals surface area contributed by atoms with E-state index >= 15 is 0 Å². The van der Waals surface area contributed by atoms with Crippen molar-refractivity contribution in [3.63, 3.8) is 0 Å². The molecular weight excluding hydrogens is 606 g/mol. The van der Waals surface area contributed by atoms with Crippen LogP contribution in [0.4, 0.5) is 23.0 Å². The van der Waals surface area contributed by atoms with Gasteiger partial charge in [0.05, 0.1) is 29.8 Å². The summed E-state index contributed by atoms with van der Waals surface area (Å²) in [6.07, 6.45) is 5.54. The molecule has 4 amide bonds. The summed E-state index contributed by atoms with van der Waals surface area (Å²) < 4.78 is 10.4. The third-order valence-corrected chi connectivity index (χ3v) is 6.49. The largest absolute Gasteiger partial charge is 0.466 e. The minimum atomic E-state index is -0.691. The smallest absolute Gasteiger partial charge is 0.307 e. The lowest BCUT2D eigenvalue weighted by atomic mass is 10.3. The first kappa shape index (κ1) is 32.6. The summed E-state index contributed by atoms with van der Waals surface area (Å²) in [7, 11) is 6.17. The number of anilines is 3. The molecular formula is C27H31N11O8. The standard InChI is InChI=1S/C27H31N11O8/c1-6-46-21(39)7-8-28-24(40)17-9-15(11-34(17)2)29-26(42)22-31-20(14-36(22)4)33-27(43)23-30-19(13-37(23)5)32-25(41)18-10-16(38(44)45)12-35(18)3/h9-14H,6-8H2,1-5H3,(H,28,40)(H,29,42)(H,32,41)(H,33,43). The lowest BCUT2D eigenvalue weighted by Gasteiger charge is -2.05. The number of rotatable bonds is 12. The SMILES string of the molecule is CCOC(=O)CCNC(=O)c1cc(NC(=O)c2nc(NC(=O)c3nc(NC(=O)c4cc([N+](=O)[O-])cn4C)cn3C)cn2C)cn1C. The first-order valence-electron chi connectivity index (χ1n) is 13.7. The van der Waals surface area contributed by atoms with E-state index in [9.17, 15) is 34.1 Å². The molecule has 0 aliphatic carbocycles. The van der Waals surface area contributed by atoms with Gasteiger partial charge in [-0.1, -0.05) is 0 Å². The molecule has 0 saturated heterocycles. The number of aryl methyl sites for hydroxylation is 4. The van der Waals surface area contributed by atoms with Crippen molar-refractivity contribution in [2.45, 2.75) is 13.3 Å². The van der Waals surface area contributed by atoms with E-state index in [-0.39, 0.29) is 59.9 Å². The zero-order chi connectivity index (χ0) is 33.7. The fraction of sp³-hybridized carbons (Fsp3) is 0.296. The number of esters is 1. The Morgan fingerprint density at radius 3 is 1.87 bits per heavy atom. The van der Waals surface area contributed by atoms with E-state index in [0.717, 1.165) is 6.07 Å². The molecule has 0 spiro atoms. The summed E-state index contributed by atoms with van der Waals surface area (Å²) in [5.74, 6) is -2.94. The zero-order valence-corrected chi connectivity index (χ0v) is 25.5. The van der Waals surface area contributed by atoms with Crippen LogP contribution in [0.5, 0.6) is 0 Å². The van der Waals surface area contributed by atoms with Gasteiger partial charge in [-0.05, 0) is 13.0 Å². The van der Waals surface area contributed by atoms with Gasteiger partial charge in [-0.3, -0.25) is 34.1 Å². The van der Waals surface area contributed by atoms with Crippen LogP contribution in [0.1, 0.15) is 55.6 Å². The molecule has 4 heterocycles. The van der Waals surface area contributed by atoms with E-state index in [4.69, 9.17) is 4.74 Å². The molecule has 4 N–H and O–H groups in total. The van der Waals surface area contributed by atoms with Crippen molar-refractivity contribution in [3.05, 3.63) is 70.1 Å². The van der Waals surface area contributed by atoms with Gasteiger partial charge in [0.1, 0.15) is 11.4 Å². The van der Waals surface area contributed by atoms with Gasteiger partial charge in [-0.2, -0.15) is 0 Å². The first-order chi connectivity index (χ1) is 21.8. The maximum Gasteiger partial charge on any atom is 0.307 e. The normalized spacial score (nSPS) is 10.7. The van der Waals surface area contributed by atoms with Crippen molar-refractivity contribution in [1.29, 1.82) is 0 Å². The molecule has 0 aliphatic heterocycles. The number of ether oxygens (including phenoxy) is 1. The van der Waals surface area contributed by atoms with Crippen LogP contribution >= 0.6 is 0 Å². The van der Waals surface area contributed by atoms with Crippen LogP contribution < -0.4 is 21.3 Å². The predicted octanol–water partition coefficient (Wildman–Crippen LogP) is 1.18. The zero-order valence-electron chi connectivity index (χ0n) is 25.5. The highest BCUT2D eigenvalue weighted by molar-refractivity contribution is 6.06. The average Bonchev–Trinajstić information content (AvgIpc) is 3.74. The highest BCUT2D eigenvalue weighted by Gasteiger charge is 2.22. The molecule has 0 fully saturated rings. The monoisotopic (exact) mass is 637 g/mol. The number of imidazole rings is 2. The summed E-state index contributed by atoms with van der Waals surface area (Å²) >= 11 is 0. The molecule has 0 atom stereocenters. The van der Waals surface area contributed by atoms with Crippen molar-refractivity contribution >= 4 is 52.6 Å². The Hall–Kier alpha value is -6.27. The molecule has 19 heteroatoms. The molecule has 46 heavy (non-hydrogen) atoms. The number of hydrogen-bond acceptors (Lipinski definition) is 10.